The summed E-state index contributed by atoms with van der Waals surface area (Å²) in [5, 5.41) is 9.49. The predicted molar refractivity (Wildman–Crippen MR) is 101 cm³/mol. The standard InChI is InChI=1S/C19H30O10/c1-14(2)13-16(20)26-9-5-24-7-11-28-18(22)19(23)29-12-8-25-6-10-27-17(21)15(3)4/h18,22H,1,3,5-13H2,2,4H3. The van der Waals surface area contributed by atoms with Gasteiger partial charge >= 0.3 is 17.9 Å². The maximum atomic E-state index is 11.5. The zero-order chi connectivity index (χ0) is 22.1. The highest BCUT2D eigenvalue weighted by atomic mass is 16.7. The van der Waals surface area contributed by atoms with Crippen molar-refractivity contribution in [1.29, 1.82) is 0 Å². The van der Waals surface area contributed by atoms with Gasteiger partial charge in [-0.25, -0.2) is 9.59 Å². The molecular weight excluding hydrogens is 388 g/mol. The van der Waals surface area contributed by atoms with Crippen LogP contribution in [0.3, 0.4) is 0 Å². The predicted octanol–water partition coefficient (Wildman–Crippen LogP) is 0.527. The van der Waals surface area contributed by atoms with Crippen molar-refractivity contribution in [3.8, 4) is 0 Å². The van der Waals surface area contributed by atoms with Crippen molar-refractivity contribution >= 4 is 17.9 Å². The number of carbonyl (C=O) groups excluding carboxylic acids is 3. The van der Waals surface area contributed by atoms with E-state index in [0.29, 0.717) is 11.1 Å². The first-order valence-corrected chi connectivity index (χ1v) is 8.98. The topological polar surface area (TPSA) is 127 Å². The molecule has 0 radical (unpaired) electrons. The molecule has 10 heteroatoms. The number of aliphatic hydroxyl groups excluding tert-OH is 1. The number of rotatable bonds is 17. The van der Waals surface area contributed by atoms with Crippen LogP contribution in [0.4, 0.5) is 0 Å². The van der Waals surface area contributed by atoms with E-state index in [1.807, 2.05) is 0 Å². The van der Waals surface area contributed by atoms with E-state index in [-0.39, 0.29) is 65.2 Å². The Morgan fingerprint density at radius 3 is 1.86 bits per heavy atom. The molecule has 0 heterocycles. The molecule has 0 aromatic rings. The van der Waals surface area contributed by atoms with E-state index in [4.69, 9.17) is 28.4 Å². The molecule has 0 aliphatic rings. The summed E-state index contributed by atoms with van der Waals surface area (Å²) in [4.78, 5) is 33.8. The Balaban J connectivity index is 3.54. The molecule has 0 fully saturated rings. The van der Waals surface area contributed by atoms with Gasteiger partial charge in [-0.1, -0.05) is 18.7 Å². The Morgan fingerprint density at radius 1 is 0.793 bits per heavy atom. The van der Waals surface area contributed by atoms with Gasteiger partial charge < -0.3 is 33.5 Å². The Kier molecular flexibility index (Phi) is 15.4. The van der Waals surface area contributed by atoms with E-state index >= 15 is 0 Å². The first-order chi connectivity index (χ1) is 13.7. The van der Waals surface area contributed by atoms with Crippen LogP contribution in [0.2, 0.25) is 0 Å². The quantitative estimate of drug-likeness (QED) is 0.0892. The van der Waals surface area contributed by atoms with Crippen molar-refractivity contribution in [2.24, 2.45) is 0 Å². The number of esters is 3. The van der Waals surface area contributed by atoms with Crippen LogP contribution >= 0.6 is 0 Å². The molecule has 0 bridgehead atoms. The molecular formula is C19H30O10. The number of aliphatic hydroxyl groups is 1. The molecule has 0 saturated carbocycles. The van der Waals surface area contributed by atoms with Crippen molar-refractivity contribution in [2.75, 3.05) is 52.9 Å². The van der Waals surface area contributed by atoms with Crippen LogP contribution in [0.5, 0.6) is 0 Å². The van der Waals surface area contributed by atoms with E-state index in [1.165, 1.54) is 6.92 Å². The van der Waals surface area contributed by atoms with Crippen molar-refractivity contribution in [3.63, 3.8) is 0 Å². The normalized spacial score (nSPS) is 11.4. The lowest BCUT2D eigenvalue weighted by Gasteiger charge is -2.12. The number of hydrogen-bond donors (Lipinski definition) is 1. The molecule has 1 atom stereocenters. The molecule has 0 aromatic carbocycles. The molecule has 0 rings (SSSR count). The van der Waals surface area contributed by atoms with Crippen LogP contribution in [0.15, 0.2) is 24.3 Å². The summed E-state index contributed by atoms with van der Waals surface area (Å²) in [6.07, 6.45) is -1.59. The van der Waals surface area contributed by atoms with Gasteiger partial charge in [-0.3, -0.25) is 4.79 Å². The molecule has 0 amide bonds. The summed E-state index contributed by atoms with van der Waals surface area (Å²) in [6.45, 7) is 10.7. The fourth-order valence-electron chi connectivity index (χ4n) is 1.59. The molecule has 166 valence electrons. The summed E-state index contributed by atoms with van der Waals surface area (Å²) < 4.78 is 29.5. The van der Waals surface area contributed by atoms with E-state index < -0.39 is 18.2 Å². The van der Waals surface area contributed by atoms with Gasteiger partial charge in [0.05, 0.1) is 39.5 Å². The number of carbonyl (C=O) groups is 3. The molecule has 1 N–H and O–H groups in total. The SMILES string of the molecule is C=C(C)CC(=O)OCCOCCOC(O)C(=O)OCCOCCOC(=O)C(=C)C. The maximum Gasteiger partial charge on any atom is 0.363 e. The molecule has 29 heavy (non-hydrogen) atoms. The van der Waals surface area contributed by atoms with Gasteiger partial charge in [-0.2, -0.15) is 0 Å². The van der Waals surface area contributed by atoms with Gasteiger partial charge in [0, 0.05) is 5.57 Å². The Morgan fingerprint density at radius 2 is 1.31 bits per heavy atom. The number of ether oxygens (including phenoxy) is 6. The van der Waals surface area contributed by atoms with Crippen LogP contribution in [0.25, 0.3) is 0 Å². The van der Waals surface area contributed by atoms with Crippen LogP contribution < -0.4 is 0 Å². The van der Waals surface area contributed by atoms with Gasteiger partial charge in [-0.05, 0) is 13.8 Å². The third kappa shape index (κ3) is 16.4. The minimum atomic E-state index is -1.75. The monoisotopic (exact) mass is 418 g/mol. The van der Waals surface area contributed by atoms with Crippen LogP contribution in [0.1, 0.15) is 20.3 Å². The zero-order valence-corrected chi connectivity index (χ0v) is 17.0. The van der Waals surface area contributed by atoms with E-state index in [1.54, 1.807) is 6.92 Å². The minimum absolute atomic E-state index is 0.0540. The van der Waals surface area contributed by atoms with Crippen LogP contribution in [0, 0.1) is 0 Å². The molecule has 0 saturated heterocycles. The van der Waals surface area contributed by atoms with E-state index in [2.05, 4.69) is 13.2 Å². The van der Waals surface area contributed by atoms with Gasteiger partial charge in [0.2, 0.25) is 0 Å². The average molecular weight is 418 g/mol. The molecule has 0 spiro atoms. The molecule has 0 aromatic heterocycles. The van der Waals surface area contributed by atoms with Crippen LogP contribution in [-0.4, -0.2) is 82.2 Å². The smallest absolute Gasteiger partial charge is 0.363 e. The Hall–Kier alpha value is -2.27. The summed E-state index contributed by atoms with van der Waals surface area (Å²) in [6, 6.07) is 0. The first kappa shape index (κ1) is 26.7. The Labute approximate surface area is 170 Å². The minimum Gasteiger partial charge on any atom is -0.463 e. The third-order valence-corrected chi connectivity index (χ3v) is 2.92. The molecule has 0 aliphatic carbocycles. The maximum absolute atomic E-state index is 11.5. The molecule has 0 aliphatic heterocycles. The van der Waals surface area contributed by atoms with Gasteiger partial charge in [-0.15, -0.1) is 0 Å². The van der Waals surface area contributed by atoms with Gasteiger partial charge in [0.15, 0.2) is 0 Å². The van der Waals surface area contributed by atoms with E-state index in [0.717, 1.165) is 0 Å². The summed E-state index contributed by atoms with van der Waals surface area (Å²) in [7, 11) is 0. The zero-order valence-electron chi connectivity index (χ0n) is 17.0. The van der Waals surface area contributed by atoms with Crippen LogP contribution in [-0.2, 0) is 42.8 Å². The lowest BCUT2D eigenvalue weighted by atomic mass is 10.2. The Bertz CT molecular complexity index is 543. The second-order valence-corrected chi connectivity index (χ2v) is 5.89. The van der Waals surface area contributed by atoms with Crippen molar-refractivity contribution in [1.82, 2.24) is 0 Å². The first-order valence-electron chi connectivity index (χ1n) is 8.98. The van der Waals surface area contributed by atoms with Gasteiger partial charge in [0.25, 0.3) is 6.29 Å². The highest BCUT2D eigenvalue weighted by molar-refractivity contribution is 5.86. The lowest BCUT2D eigenvalue weighted by Crippen LogP contribution is -2.28. The van der Waals surface area contributed by atoms with Crippen molar-refractivity contribution < 1.29 is 47.9 Å². The van der Waals surface area contributed by atoms with Crippen molar-refractivity contribution in [3.05, 3.63) is 24.3 Å². The lowest BCUT2D eigenvalue weighted by molar-refractivity contribution is -0.186. The summed E-state index contributed by atoms with van der Waals surface area (Å²) >= 11 is 0. The third-order valence-electron chi connectivity index (χ3n) is 2.92. The second kappa shape index (κ2) is 16.7. The largest absolute Gasteiger partial charge is 0.463 e. The number of hydrogen-bond acceptors (Lipinski definition) is 10. The fourth-order valence-corrected chi connectivity index (χ4v) is 1.59. The highest BCUT2D eigenvalue weighted by Gasteiger charge is 2.16. The average Bonchev–Trinajstić information content (AvgIpc) is 2.65. The molecule has 10 nitrogen and oxygen atoms in total. The summed E-state index contributed by atoms with van der Waals surface area (Å²) in [5.74, 6) is -1.85. The summed E-state index contributed by atoms with van der Waals surface area (Å²) in [5.41, 5.74) is 1.00. The van der Waals surface area contributed by atoms with Gasteiger partial charge in [0.1, 0.15) is 19.8 Å². The van der Waals surface area contributed by atoms with Crippen molar-refractivity contribution in [2.45, 2.75) is 26.6 Å². The fraction of sp³-hybridized carbons (Fsp3) is 0.632. The van der Waals surface area contributed by atoms with E-state index in [9.17, 15) is 19.5 Å². The molecule has 1 unspecified atom stereocenters. The highest BCUT2D eigenvalue weighted by Crippen LogP contribution is 1.98. The second-order valence-electron chi connectivity index (χ2n) is 5.89.